The van der Waals surface area contributed by atoms with Gasteiger partial charge >= 0.3 is 17.9 Å². The summed E-state index contributed by atoms with van der Waals surface area (Å²) in [5.41, 5.74) is 0. The molecule has 482 valence electrons. The van der Waals surface area contributed by atoms with Crippen molar-refractivity contribution in [1.82, 2.24) is 0 Å². The minimum atomic E-state index is -0.776. The van der Waals surface area contributed by atoms with Crippen LogP contribution in [0.4, 0.5) is 0 Å². The molecule has 2 unspecified atom stereocenters. The summed E-state index contributed by atoms with van der Waals surface area (Å²) in [6.45, 7) is 8.69. The lowest BCUT2D eigenvalue weighted by atomic mass is 10.0. The standard InChI is InChI=1S/C75H146O6/c1-5-8-11-14-17-20-23-26-29-32-35-37-40-43-46-49-52-55-58-61-64-67-73(76)79-69-72(81-74(77)68-65-62-59-56-53-50-47-44-41-38-36-33-30-27-24-21-18-15-12-9-6-2)70-80-75(78)71(4)66-63-60-57-54-51-48-45-42-39-34-31-28-25-22-19-16-13-10-7-3/h71-72H,5-70H2,1-4H3. The van der Waals surface area contributed by atoms with Gasteiger partial charge in [0.25, 0.3) is 0 Å². The molecule has 0 saturated heterocycles. The van der Waals surface area contributed by atoms with Crippen LogP contribution >= 0.6 is 0 Å². The third-order valence-electron chi connectivity index (χ3n) is 17.8. The van der Waals surface area contributed by atoms with Crippen LogP contribution in [-0.2, 0) is 28.6 Å². The Bertz CT molecular complexity index is 1240. The predicted octanol–water partition coefficient (Wildman–Crippen LogP) is 25.6. The van der Waals surface area contributed by atoms with Crippen molar-refractivity contribution in [2.75, 3.05) is 13.2 Å². The number of carbonyl (C=O) groups is 3. The van der Waals surface area contributed by atoms with Gasteiger partial charge < -0.3 is 14.2 Å². The second kappa shape index (κ2) is 69.2. The van der Waals surface area contributed by atoms with Crippen LogP contribution in [0, 0.1) is 5.92 Å². The van der Waals surface area contributed by atoms with Gasteiger partial charge in [-0.15, -0.1) is 0 Å². The van der Waals surface area contributed by atoms with Crippen molar-refractivity contribution in [3.05, 3.63) is 0 Å². The first-order valence-corrected chi connectivity index (χ1v) is 37.5. The molecule has 0 radical (unpaired) electrons. The predicted molar refractivity (Wildman–Crippen MR) is 353 cm³/mol. The number of ether oxygens (including phenoxy) is 3. The van der Waals surface area contributed by atoms with Gasteiger partial charge in [0, 0.05) is 12.8 Å². The van der Waals surface area contributed by atoms with E-state index in [0.29, 0.717) is 12.8 Å². The Labute approximate surface area is 508 Å². The van der Waals surface area contributed by atoms with Gasteiger partial charge in [-0.1, -0.05) is 407 Å². The van der Waals surface area contributed by atoms with Gasteiger partial charge in [-0.3, -0.25) is 14.4 Å². The molecule has 0 bridgehead atoms. The lowest BCUT2D eigenvalue weighted by Gasteiger charge is -2.19. The van der Waals surface area contributed by atoms with E-state index in [9.17, 15) is 14.4 Å². The molecule has 6 nitrogen and oxygen atoms in total. The van der Waals surface area contributed by atoms with Crippen LogP contribution < -0.4 is 0 Å². The Morgan fingerprint density at radius 1 is 0.247 bits per heavy atom. The zero-order valence-electron chi connectivity index (χ0n) is 55.8. The molecular formula is C75H146O6. The molecular weight excluding hydrogens is 997 g/mol. The fraction of sp³-hybridized carbons (Fsp3) is 0.960. The number of unbranched alkanes of at least 4 members (excludes halogenated alkanes) is 58. The van der Waals surface area contributed by atoms with E-state index in [1.165, 1.54) is 340 Å². The minimum absolute atomic E-state index is 0.0654. The highest BCUT2D eigenvalue weighted by Gasteiger charge is 2.22. The van der Waals surface area contributed by atoms with E-state index in [4.69, 9.17) is 14.2 Å². The van der Waals surface area contributed by atoms with Crippen LogP contribution in [0.3, 0.4) is 0 Å². The van der Waals surface area contributed by atoms with Crippen LogP contribution in [0.25, 0.3) is 0 Å². The summed E-state index contributed by atoms with van der Waals surface area (Å²) in [5, 5.41) is 0. The van der Waals surface area contributed by atoms with Crippen LogP contribution in [0.2, 0.25) is 0 Å². The summed E-state index contributed by atoms with van der Waals surface area (Å²) in [6.07, 6.45) is 82.3. The first kappa shape index (κ1) is 79.4. The van der Waals surface area contributed by atoms with Crippen molar-refractivity contribution in [3.63, 3.8) is 0 Å². The molecule has 0 aromatic rings. The molecule has 0 fully saturated rings. The van der Waals surface area contributed by atoms with E-state index in [1.807, 2.05) is 6.92 Å². The van der Waals surface area contributed by atoms with E-state index < -0.39 is 6.10 Å². The van der Waals surface area contributed by atoms with Crippen molar-refractivity contribution < 1.29 is 28.6 Å². The number of esters is 3. The Hall–Kier alpha value is -1.59. The molecule has 0 rings (SSSR count). The maximum atomic E-state index is 13.1. The van der Waals surface area contributed by atoms with Crippen molar-refractivity contribution in [1.29, 1.82) is 0 Å². The molecule has 6 heteroatoms. The molecule has 81 heavy (non-hydrogen) atoms. The molecule has 0 aromatic carbocycles. The van der Waals surface area contributed by atoms with Crippen LogP contribution in [-0.4, -0.2) is 37.2 Å². The molecule has 0 spiro atoms. The highest BCUT2D eigenvalue weighted by Crippen LogP contribution is 2.21. The summed E-state index contributed by atoms with van der Waals surface area (Å²) in [5.74, 6) is -1.02. The smallest absolute Gasteiger partial charge is 0.308 e. The van der Waals surface area contributed by atoms with Gasteiger partial charge in [0.05, 0.1) is 5.92 Å². The number of rotatable bonds is 70. The summed E-state index contributed by atoms with van der Waals surface area (Å²) >= 11 is 0. The third-order valence-corrected chi connectivity index (χ3v) is 17.8. The van der Waals surface area contributed by atoms with E-state index in [2.05, 4.69) is 20.8 Å². The van der Waals surface area contributed by atoms with E-state index in [1.54, 1.807) is 0 Å². The van der Waals surface area contributed by atoms with Gasteiger partial charge in [0.15, 0.2) is 6.10 Å². The maximum Gasteiger partial charge on any atom is 0.308 e. The second-order valence-corrected chi connectivity index (χ2v) is 26.1. The van der Waals surface area contributed by atoms with E-state index in [-0.39, 0.29) is 37.0 Å². The molecule has 0 aliphatic heterocycles. The molecule has 0 saturated carbocycles. The molecule has 0 aliphatic rings. The average Bonchev–Trinajstić information content (AvgIpc) is 3.46. The molecule has 0 amide bonds. The lowest BCUT2D eigenvalue weighted by Crippen LogP contribution is -2.31. The lowest BCUT2D eigenvalue weighted by molar-refractivity contribution is -0.168. The van der Waals surface area contributed by atoms with E-state index in [0.717, 1.165) is 57.8 Å². The summed E-state index contributed by atoms with van der Waals surface area (Å²) in [4.78, 5) is 39.0. The van der Waals surface area contributed by atoms with Crippen LogP contribution in [0.1, 0.15) is 439 Å². The first-order valence-electron chi connectivity index (χ1n) is 37.5. The zero-order chi connectivity index (χ0) is 58.7. The Morgan fingerprint density at radius 2 is 0.444 bits per heavy atom. The second-order valence-electron chi connectivity index (χ2n) is 26.1. The van der Waals surface area contributed by atoms with Gasteiger partial charge in [-0.05, 0) is 19.3 Å². The van der Waals surface area contributed by atoms with Gasteiger partial charge in [0.1, 0.15) is 13.2 Å². The summed E-state index contributed by atoms with van der Waals surface area (Å²) in [6, 6.07) is 0. The maximum absolute atomic E-state index is 13.1. The molecule has 0 aromatic heterocycles. The first-order chi connectivity index (χ1) is 39.9. The normalized spacial score (nSPS) is 12.3. The minimum Gasteiger partial charge on any atom is -0.462 e. The molecule has 0 aliphatic carbocycles. The summed E-state index contributed by atoms with van der Waals surface area (Å²) < 4.78 is 17.2. The molecule has 0 heterocycles. The zero-order valence-corrected chi connectivity index (χ0v) is 55.8. The fourth-order valence-electron chi connectivity index (χ4n) is 12.0. The largest absolute Gasteiger partial charge is 0.462 e. The van der Waals surface area contributed by atoms with Crippen molar-refractivity contribution in [2.45, 2.75) is 445 Å². The van der Waals surface area contributed by atoms with Crippen molar-refractivity contribution >= 4 is 17.9 Å². The molecule has 0 N–H and O–H groups in total. The quantitative estimate of drug-likeness (QED) is 0.0343. The monoisotopic (exact) mass is 1140 g/mol. The van der Waals surface area contributed by atoms with Gasteiger partial charge in [-0.25, -0.2) is 0 Å². The van der Waals surface area contributed by atoms with Crippen LogP contribution in [0.15, 0.2) is 0 Å². The Balaban J connectivity index is 4.35. The average molecular weight is 1140 g/mol. The highest BCUT2D eigenvalue weighted by atomic mass is 16.6. The van der Waals surface area contributed by atoms with Gasteiger partial charge in [0.2, 0.25) is 0 Å². The Kier molecular flexibility index (Phi) is 67.8. The van der Waals surface area contributed by atoms with Crippen molar-refractivity contribution in [2.24, 2.45) is 5.92 Å². The summed E-state index contributed by atoms with van der Waals surface area (Å²) in [7, 11) is 0. The van der Waals surface area contributed by atoms with E-state index >= 15 is 0 Å². The number of carbonyl (C=O) groups excluding carboxylic acids is 3. The van der Waals surface area contributed by atoms with Gasteiger partial charge in [-0.2, -0.15) is 0 Å². The SMILES string of the molecule is CCCCCCCCCCCCCCCCCCCCCCCC(=O)OCC(COC(=O)C(C)CCCCCCCCCCCCCCCCCCCCC)OC(=O)CCCCCCCCCCCCCCCCCCCCCCC. The van der Waals surface area contributed by atoms with Crippen molar-refractivity contribution in [3.8, 4) is 0 Å². The van der Waals surface area contributed by atoms with Crippen LogP contribution in [0.5, 0.6) is 0 Å². The number of hydrogen-bond acceptors (Lipinski definition) is 6. The Morgan fingerprint density at radius 3 is 0.691 bits per heavy atom. The molecule has 2 atom stereocenters. The third kappa shape index (κ3) is 65.8. The fourth-order valence-corrected chi connectivity index (χ4v) is 12.0. The highest BCUT2D eigenvalue weighted by molar-refractivity contribution is 5.72. The topological polar surface area (TPSA) is 78.9 Å². The number of hydrogen-bond donors (Lipinski definition) is 0.